The van der Waals surface area contributed by atoms with Gasteiger partial charge in [0.05, 0.1) is 11.3 Å². The van der Waals surface area contributed by atoms with E-state index in [-0.39, 0.29) is 0 Å². The molecule has 0 bridgehead atoms. The standard InChI is InChI=1S/C19H19N2S/c1-13-15-8-6-5-7-14(15)9-10-16(13)18(21(3)4)19-17(20-2)11-12-22-19/h5-12H,2H2,1,3-4H3/q+1. The first-order valence-corrected chi connectivity index (χ1v) is 8.09. The minimum atomic E-state index is 0.946. The van der Waals surface area contributed by atoms with Crippen LogP contribution in [0.3, 0.4) is 0 Å². The van der Waals surface area contributed by atoms with Crippen LogP contribution in [0.5, 0.6) is 0 Å². The fourth-order valence-electron chi connectivity index (χ4n) is 2.85. The van der Waals surface area contributed by atoms with Crippen LogP contribution in [0.1, 0.15) is 16.0 Å². The van der Waals surface area contributed by atoms with Crippen molar-refractivity contribution in [1.82, 2.24) is 0 Å². The molecule has 0 fully saturated rings. The van der Waals surface area contributed by atoms with Crippen molar-refractivity contribution < 1.29 is 4.58 Å². The van der Waals surface area contributed by atoms with Crippen LogP contribution in [0.4, 0.5) is 5.69 Å². The molecule has 3 rings (SSSR count). The molecule has 3 aromatic rings. The van der Waals surface area contributed by atoms with Crippen LogP contribution in [0.25, 0.3) is 10.8 Å². The van der Waals surface area contributed by atoms with Gasteiger partial charge < -0.3 is 0 Å². The van der Waals surface area contributed by atoms with E-state index in [1.165, 1.54) is 32.5 Å². The number of aliphatic imine (C=N–C) groups is 1. The van der Waals surface area contributed by atoms with Crippen molar-refractivity contribution in [1.29, 1.82) is 0 Å². The van der Waals surface area contributed by atoms with E-state index >= 15 is 0 Å². The zero-order valence-corrected chi connectivity index (χ0v) is 13.9. The lowest BCUT2D eigenvalue weighted by molar-refractivity contribution is -0.463. The third-order valence-corrected chi connectivity index (χ3v) is 4.84. The number of thiophene rings is 1. The summed E-state index contributed by atoms with van der Waals surface area (Å²) in [5.74, 6) is 0. The Morgan fingerprint density at radius 2 is 1.86 bits per heavy atom. The van der Waals surface area contributed by atoms with Gasteiger partial charge in [0.25, 0.3) is 0 Å². The summed E-state index contributed by atoms with van der Waals surface area (Å²) in [5, 5.41) is 4.64. The quantitative estimate of drug-likeness (QED) is 0.494. The molecule has 0 aliphatic carbocycles. The average Bonchev–Trinajstić information content (AvgIpc) is 2.98. The van der Waals surface area contributed by atoms with Gasteiger partial charge in [-0.25, -0.2) is 4.58 Å². The monoisotopic (exact) mass is 307 g/mol. The number of hydrogen-bond acceptors (Lipinski definition) is 2. The van der Waals surface area contributed by atoms with Crippen molar-refractivity contribution in [3.05, 3.63) is 63.8 Å². The summed E-state index contributed by atoms with van der Waals surface area (Å²) in [6, 6.07) is 14.9. The summed E-state index contributed by atoms with van der Waals surface area (Å²) in [6.45, 7) is 5.89. The summed E-state index contributed by atoms with van der Waals surface area (Å²) in [7, 11) is 4.16. The molecule has 1 heterocycles. The van der Waals surface area contributed by atoms with Crippen LogP contribution in [0, 0.1) is 6.92 Å². The molecule has 2 aromatic carbocycles. The molecule has 0 radical (unpaired) electrons. The van der Waals surface area contributed by atoms with E-state index in [2.05, 4.69) is 79.1 Å². The Morgan fingerprint density at radius 3 is 2.59 bits per heavy atom. The van der Waals surface area contributed by atoms with Crippen LogP contribution in [-0.4, -0.2) is 31.1 Å². The Morgan fingerprint density at radius 1 is 1.09 bits per heavy atom. The number of fused-ring (bicyclic) bond motifs is 1. The molecule has 1 aromatic heterocycles. The van der Waals surface area contributed by atoms with Crippen LogP contribution in [-0.2, 0) is 0 Å². The molecule has 2 nitrogen and oxygen atoms in total. The molecule has 0 amide bonds. The lowest BCUT2D eigenvalue weighted by Gasteiger charge is -2.10. The van der Waals surface area contributed by atoms with Crippen LogP contribution in [0.2, 0.25) is 0 Å². The van der Waals surface area contributed by atoms with Crippen LogP contribution in [0.15, 0.2) is 52.8 Å². The van der Waals surface area contributed by atoms with Crippen molar-refractivity contribution in [3.63, 3.8) is 0 Å². The Bertz CT molecular complexity index is 883. The molecular formula is C19H19N2S+. The number of nitrogens with zero attached hydrogens (tertiary/aromatic N) is 2. The molecule has 0 spiro atoms. The van der Waals surface area contributed by atoms with Crippen LogP contribution < -0.4 is 0 Å². The zero-order chi connectivity index (χ0) is 15.7. The van der Waals surface area contributed by atoms with Crippen molar-refractivity contribution >= 4 is 40.2 Å². The fourth-order valence-corrected chi connectivity index (χ4v) is 3.84. The van der Waals surface area contributed by atoms with Crippen molar-refractivity contribution in [3.8, 4) is 0 Å². The lowest BCUT2D eigenvalue weighted by Crippen LogP contribution is -2.16. The first-order chi connectivity index (χ1) is 10.6. The molecule has 0 atom stereocenters. The molecule has 3 heteroatoms. The molecule has 0 saturated heterocycles. The van der Waals surface area contributed by atoms with Gasteiger partial charge in [-0.2, -0.15) is 0 Å². The van der Waals surface area contributed by atoms with Gasteiger partial charge in [-0.05, 0) is 47.5 Å². The summed E-state index contributed by atoms with van der Waals surface area (Å²) < 4.78 is 2.16. The third kappa shape index (κ3) is 2.38. The molecule has 0 aliphatic heterocycles. The van der Waals surface area contributed by atoms with Crippen molar-refractivity contribution in [2.24, 2.45) is 4.99 Å². The molecule has 22 heavy (non-hydrogen) atoms. The van der Waals surface area contributed by atoms with E-state index in [4.69, 9.17) is 0 Å². The smallest absolute Gasteiger partial charge is 0.226 e. The van der Waals surface area contributed by atoms with Gasteiger partial charge in [-0.3, -0.25) is 4.99 Å². The predicted octanol–water partition coefficient (Wildman–Crippen LogP) is 4.65. The molecule has 0 N–H and O–H groups in total. The molecule has 0 unspecified atom stereocenters. The summed E-state index contributed by atoms with van der Waals surface area (Å²) >= 11 is 1.71. The first-order valence-electron chi connectivity index (χ1n) is 7.21. The lowest BCUT2D eigenvalue weighted by atomic mass is 9.96. The highest BCUT2D eigenvalue weighted by molar-refractivity contribution is 7.13. The number of hydrogen-bond donors (Lipinski definition) is 0. The second-order valence-corrected chi connectivity index (χ2v) is 6.41. The second-order valence-electron chi connectivity index (χ2n) is 5.50. The zero-order valence-electron chi connectivity index (χ0n) is 13.1. The van der Waals surface area contributed by atoms with Gasteiger partial charge in [0, 0.05) is 0 Å². The van der Waals surface area contributed by atoms with Gasteiger partial charge in [0.2, 0.25) is 5.71 Å². The maximum atomic E-state index is 4.16. The largest absolute Gasteiger partial charge is 0.263 e. The Kier molecular flexibility index (Phi) is 3.90. The summed E-state index contributed by atoms with van der Waals surface area (Å²) in [6.07, 6.45) is 0. The van der Waals surface area contributed by atoms with E-state index in [9.17, 15) is 0 Å². The van der Waals surface area contributed by atoms with Gasteiger partial charge in [0.15, 0.2) is 0 Å². The Hall–Kier alpha value is -2.26. The van der Waals surface area contributed by atoms with Gasteiger partial charge >= 0.3 is 0 Å². The maximum Gasteiger partial charge on any atom is 0.226 e. The van der Waals surface area contributed by atoms with Crippen LogP contribution >= 0.6 is 11.3 Å². The van der Waals surface area contributed by atoms with Gasteiger partial charge in [0.1, 0.15) is 19.0 Å². The van der Waals surface area contributed by atoms with E-state index in [0.717, 1.165) is 5.69 Å². The Labute approximate surface area is 135 Å². The second kappa shape index (κ2) is 5.85. The minimum absolute atomic E-state index is 0.946. The van der Waals surface area contributed by atoms with E-state index in [1.54, 1.807) is 11.3 Å². The SMILES string of the molecule is C=Nc1ccsc1C(c1ccc2ccccc2c1C)=[N+](C)C. The average molecular weight is 307 g/mol. The first kappa shape index (κ1) is 14.7. The number of aryl methyl sites for hydroxylation is 1. The fraction of sp³-hybridized carbons (Fsp3) is 0.158. The van der Waals surface area contributed by atoms with Crippen molar-refractivity contribution in [2.75, 3.05) is 14.1 Å². The minimum Gasteiger partial charge on any atom is -0.263 e. The highest BCUT2D eigenvalue weighted by Gasteiger charge is 2.22. The molecule has 0 aliphatic rings. The molecular weight excluding hydrogens is 288 g/mol. The number of rotatable bonds is 3. The molecule has 110 valence electrons. The molecule has 0 saturated carbocycles. The highest BCUT2D eigenvalue weighted by atomic mass is 32.1. The van der Waals surface area contributed by atoms with Crippen molar-refractivity contribution in [2.45, 2.75) is 6.92 Å². The topological polar surface area (TPSA) is 15.4 Å². The third-order valence-electron chi connectivity index (χ3n) is 3.93. The Balaban J connectivity index is 2.30. The van der Waals surface area contributed by atoms with E-state index < -0.39 is 0 Å². The summed E-state index contributed by atoms with van der Waals surface area (Å²) in [4.78, 5) is 5.33. The maximum absolute atomic E-state index is 4.16. The highest BCUT2D eigenvalue weighted by Crippen LogP contribution is 2.30. The van der Waals surface area contributed by atoms with Gasteiger partial charge in [-0.1, -0.05) is 30.3 Å². The van der Waals surface area contributed by atoms with E-state index in [0.29, 0.717) is 0 Å². The summed E-state index contributed by atoms with van der Waals surface area (Å²) in [5.41, 5.74) is 4.68. The normalized spacial score (nSPS) is 10.7. The number of benzene rings is 2. The van der Waals surface area contributed by atoms with E-state index in [1.807, 2.05) is 6.07 Å². The van der Waals surface area contributed by atoms with Gasteiger partial charge in [-0.15, -0.1) is 11.3 Å². The predicted molar refractivity (Wildman–Crippen MR) is 97.5 cm³/mol.